The van der Waals surface area contributed by atoms with Gasteiger partial charge in [0.05, 0.1) is 11.3 Å². The highest BCUT2D eigenvalue weighted by molar-refractivity contribution is 6.01. The molecular weight excluding hydrogens is 288 g/mol. The van der Waals surface area contributed by atoms with Gasteiger partial charge in [-0.3, -0.25) is 4.79 Å². The molecule has 1 heterocycles. The zero-order valence-corrected chi connectivity index (χ0v) is 11.6. The number of halogens is 4. The molecule has 116 valence electrons. The second-order valence-corrected chi connectivity index (χ2v) is 4.89. The molecule has 7 heteroatoms. The molecule has 1 fully saturated rings. The molecule has 0 N–H and O–H groups in total. The number of anilines is 1. The number of likely N-dealkylation sites (N-methyl/N-ethyl adjacent to an activating group) is 1. The van der Waals surface area contributed by atoms with Crippen LogP contribution in [0.2, 0.25) is 0 Å². The third-order valence-electron chi connectivity index (χ3n) is 3.64. The van der Waals surface area contributed by atoms with Crippen molar-refractivity contribution in [2.45, 2.75) is 13.1 Å². The standard InChI is InChI=1S/C14H16F4N2O/c1-2-19-6-8-20(9-7-19)11-5-3-4-10(12(11)15)13(21)14(16,17)18/h3-5H,2,6-9H2,1H3. The third-order valence-corrected chi connectivity index (χ3v) is 3.64. The molecule has 0 aliphatic carbocycles. The molecule has 3 nitrogen and oxygen atoms in total. The first kappa shape index (κ1) is 15.8. The zero-order valence-electron chi connectivity index (χ0n) is 11.6. The van der Waals surface area contributed by atoms with Crippen LogP contribution in [0.5, 0.6) is 0 Å². The number of ketones is 1. The molecule has 1 aliphatic heterocycles. The second-order valence-electron chi connectivity index (χ2n) is 4.89. The molecule has 0 atom stereocenters. The molecule has 0 radical (unpaired) electrons. The molecule has 0 unspecified atom stereocenters. The van der Waals surface area contributed by atoms with E-state index in [0.29, 0.717) is 26.2 Å². The van der Waals surface area contributed by atoms with E-state index < -0.39 is 23.3 Å². The molecular formula is C14H16F4N2O. The van der Waals surface area contributed by atoms with Crippen LogP contribution in [0.25, 0.3) is 0 Å². The van der Waals surface area contributed by atoms with Crippen molar-refractivity contribution in [1.82, 2.24) is 4.90 Å². The Bertz CT molecular complexity index is 522. The molecule has 1 aromatic carbocycles. The highest BCUT2D eigenvalue weighted by atomic mass is 19.4. The van der Waals surface area contributed by atoms with Crippen molar-refractivity contribution in [2.75, 3.05) is 37.6 Å². The Morgan fingerprint density at radius 3 is 2.33 bits per heavy atom. The Kier molecular flexibility index (Phi) is 4.51. The van der Waals surface area contributed by atoms with Gasteiger partial charge >= 0.3 is 6.18 Å². The average Bonchev–Trinajstić information content (AvgIpc) is 2.46. The normalized spacial score (nSPS) is 17.1. The van der Waals surface area contributed by atoms with Crippen LogP contribution in [-0.4, -0.2) is 49.6 Å². The van der Waals surface area contributed by atoms with Gasteiger partial charge in [-0.25, -0.2) is 4.39 Å². The number of Topliss-reactive ketones (excluding diaryl/α,β-unsaturated/α-hetero) is 1. The first-order valence-corrected chi connectivity index (χ1v) is 6.72. The molecule has 0 spiro atoms. The number of benzene rings is 1. The number of hydrogen-bond donors (Lipinski definition) is 0. The van der Waals surface area contributed by atoms with Crippen molar-refractivity contribution >= 4 is 11.5 Å². The topological polar surface area (TPSA) is 23.6 Å². The van der Waals surface area contributed by atoms with Crippen LogP contribution in [0.15, 0.2) is 18.2 Å². The van der Waals surface area contributed by atoms with Crippen molar-refractivity contribution in [3.63, 3.8) is 0 Å². The monoisotopic (exact) mass is 304 g/mol. The van der Waals surface area contributed by atoms with Gasteiger partial charge in [0, 0.05) is 26.2 Å². The Balaban J connectivity index is 2.25. The fraction of sp³-hybridized carbons (Fsp3) is 0.500. The van der Waals surface area contributed by atoms with Gasteiger partial charge in [0.15, 0.2) is 5.82 Å². The van der Waals surface area contributed by atoms with Gasteiger partial charge in [-0.2, -0.15) is 13.2 Å². The van der Waals surface area contributed by atoms with Gasteiger partial charge in [-0.05, 0) is 18.7 Å². The van der Waals surface area contributed by atoms with Crippen molar-refractivity contribution in [3.8, 4) is 0 Å². The molecule has 1 saturated heterocycles. The maximum atomic E-state index is 14.2. The van der Waals surface area contributed by atoms with Gasteiger partial charge in [-0.1, -0.05) is 13.0 Å². The van der Waals surface area contributed by atoms with Gasteiger partial charge in [-0.15, -0.1) is 0 Å². The first-order chi connectivity index (χ1) is 9.84. The predicted molar refractivity (Wildman–Crippen MR) is 71.1 cm³/mol. The molecule has 1 aliphatic rings. The fourth-order valence-electron chi connectivity index (χ4n) is 2.40. The van der Waals surface area contributed by atoms with E-state index in [4.69, 9.17) is 0 Å². The van der Waals surface area contributed by atoms with E-state index >= 15 is 0 Å². The number of hydrogen-bond acceptors (Lipinski definition) is 3. The minimum Gasteiger partial charge on any atom is -0.367 e. The van der Waals surface area contributed by atoms with Crippen LogP contribution < -0.4 is 4.90 Å². The van der Waals surface area contributed by atoms with E-state index in [1.807, 2.05) is 6.92 Å². The van der Waals surface area contributed by atoms with Gasteiger partial charge in [0.2, 0.25) is 0 Å². The fourth-order valence-corrected chi connectivity index (χ4v) is 2.40. The Labute approximate surface area is 120 Å². The maximum absolute atomic E-state index is 14.2. The van der Waals surface area contributed by atoms with Crippen molar-refractivity contribution < 1.29 is 22.4 Å². The highest BCUT2D eigenvalue weighted by Gasteiger charge is 2.41. The van der Waals surface area contributed by atoms with E-state index in [1.54, 1.807) is 4.90 Å². The van der Waals surface area contributed by atoms with Crippen LogP contribution in [0.1, 0.15) is 17.3 Å². The van der Waals surface area contributed by atoms with E-state index in [-0.39, 0.29) is 5.69 Å². The molecule has 0 aromatic heterocycles. The average molecular weight is 304 g/mol. The van der Waals surface area contributed by atoms with Crippen LogP contribution in [0.4, 0.5) is 23.2 Å². The van der Waals surface area contributed by atoms with Gasteiger partial charge in [0.1, 0.15) is 0 Å². The Morgan fingerprint density at radius 2 is 1.81 bits per heavy atom. The van der Waals surface area contributed by atoms with Crippen LogP contribution in [-0.2, 0) is 0 Å². The minimum absolute atomic E-state index is 0.0563. The summed E-state index contributed by atoms with van der Waals surface area (Å²) in [5.74, 6) is -3.24. The van der Waals surface area contributed by atoms with Crippen LogP contribution in [0, 0.1) is 5.82 Å². The summed E-state index contributed by atoms with van der Waals surface area (Å²) in [6.07, 6.45) is -5.07. The summed E-state index contributed by atoms with van der Waals surface area (Å²) in [7, 11) is 0. The SMILES string of the molecule is CCN1CCN(c2cccc(C(=O)C(F)(F)F)c2F)CC1. The lowest BCUT2D eigenvalue weighted by atomic mass is 10.1. The van der Waals surface area contributed by atoms with E-state index in [1.165, 1.54) is 12.1 Å². The molecule has 0 amide bonds. The predicted octanol–water partition coefficient (Wildman–Crippen LogP) is 2.71. The Hall–Kier alpha value is -1.63. The van der Waals surface area contributed by atoms with Crippen molar-refractivity contribution in [2.24, 2.45) is 0 Å². The third kappa shape index (κ3) is 3.34. The lowest BCUT2D eigenvalue weighted by molar-refractivity contribution is -0.0887. The van der Waals surface area contributed by atoms with Gasteiger partial charge in [0.25, 0.3) is 5.78 Å². The number of nitrogens with zero attached hydrogens (tertiary/aromatic N) is 2. The lowest BCUT2D eigenvalue weighted by Gasteiger charge is -2.35. The van der Waals surface area contributed by atoms with Crippen LogP contribution >= 0.6 is 0 Å². The number of carbonyl (C=O) groups excluding carboxylic acids is 1. The largest absolute Gasteiger partial charge is 0.454 e. The molecule has 0 saturated carbocycles. The van der Waals surface area contributed by atoms with E-state index in [2.05, 4.69) is 4.90 Å². The minimum atomic E-state index is -5.07. The number of carbonyl (C=O) groups is 1. The Morgan fingerprint density at radius 1 is 1.19 bits per heavy atom. The molecule has 21 heavy (non-hydrogen) atoms. The van der Waals surface area contributed by atoms with Crippen molar-refractivity contribution in [1.29, 1.82) is 0 Å². The summed E-state index contributed by atoms with van der Waals surface area (Å²) < 4.78 is 51.6. The molecule has 2 rings (SSSR count). The summed E-state index contributed by atoms with van der Waals surface area (Å²) in [5.41, 5.74) is -0.862. The summed E-state index contributed by atoms with van der Waals surface area (Å²) >= 11 is 0. The lowest BCUT2D eigenvalue weighted by Crippen LogP contribution is -2.46. The quantitative estimate of drug-likeness (QED) is 0.634. The maximum Gasteiger partial charge on any atom is 0.454 e. The molecule has 0 bridgehead atoms. The number of alkyl halides is 3. The zero-order chi connectivity index (χ0) is 15.6. The van der Waals surface area contributed by atoms with Gasteiger partial charge < -0.3 is 9.80 Å². The summed E-state index contributed by atoms with van der Waals surface area (Å²) in [4.78, 5) is 15.1. The smallest absolute Gasteiger partial charge is 0.367 e. The second kappa shape index (κ2) is 6.01. The van der Waals surface area contributed by atoms with Crippen molar-refractivity contribution in [3.05, 3.63) is 29.6 Å². The summed E-state index contributed by atoms with van der Waals surface area (Å²) in [6, 6.07) is 3.56. The highest BCUT2D eigenvalue weighted by Crippen LogP contribution is 2.28. The summed E-state index contributed by atoms with van der Waals surface area (Å²) in [6.45, 7) is 5.37. The van der Waals surface area contributed by atoms with E-state index in [0.717, 1.165) is 12.6 Å². The molecule has 1 aromatic rings. The van der Waals surface area contributed by atoms with E-state index in [9.17, 15) is 22.4 Å². The number of piperazine rings is 1. The number of rotatable bonds is 3. The van der Waals surface area contributed by atoms with Crippen LogP contribution in [0.3, 0.4) is 0 Å². The summed E-state index contributed by atoms with van der Waals surface area (Å²) in [5, 5.41) is 0. The first-order valence-electron chi connectivity index (χ1n) is 6.72.